The van der Waals surface area contributed by atoms with Crippen LogP contribution in [0.3, 0.4) is 0 Å². The van der Waals surface area contributed by atoms with Crippen molar-refractivity contribution in [3.8, 4) is 5.75 Å². The standard InChI is InChI=1S/C23H19FN2O3/c1-15-2-6-17(7-3-15)23(28)25-19-10-11-21-20(12-19)26(22(27)14-29-21)13-16-4-8-18(24)9-5-16/h2-12H,13-14H2,1H3,(H,25,28). The molecule has 146 valence electrons. The second-order valence-corrected chi connectivity index (χ2v) is 6.90. The van der Waals surface area contributed by atoms with Crippen molar-refractivity contribution in [1.29, 1.82) is 0 Å². The largest absolute Gasteiger partial charge is 0.482 e. The summed E-state index contributed by atoms with van der Waals surface area (Å²) in [7, 11) is 0. The maximum absolute atomic E-state index is 13.2. The highest BCUT2D eigenvalue weighted by atomic mass is 19.1. The van der Waals surface area contributed by atoms with Gasteiger partial charge >= 0.3 is 0 Å². The molecular weight excluding hydrogens is 371 g/mol. The molecule has 0 saturated heterocycles. The van der Waals surface area contributed by atoms with Crippen molar-refractivity contribution in [2.75, 3.05) is 16.8 Å². The summed E-state index contributed by atoms with van der Waals surface area (Å²) in [5.41, 5.74) is 3.52. The van der Waals surface area contributed by atoms with E-state index in [0.29, 0.717) is 22.7 Å². The number of ether oxygens (including phenoxy) is 1. The summed E-state index contributed by atoms with van der Waals surface area (Å²) < 4.78 is 18.7. The number of halogens is 1. The predicted molar refractivity (Wildman–Crippen MR) is 109 cm³/mol. The van der Waals surface area contributed by atoms with Gasteiger partial charge in [-0.25, -0.2) is 4.39 Å². The van der Waals surface area contributed by atoms with Crippen LogP contribution >= 0.6 is 0 Å². The van der Waals surface area contributed by atoms with E-state index >= 15 is 0 Å². The van der Waals surface area contributed by atoms with Gasteiger partial charge < -0.3 is 15.0 Å². The van der Waals surface area contributed by atoms with Crippen molar-refractivity contribution in [1.82, 2.24) is 0 Å². The van der Waals surface area contributed by atoms with Crippen LogP contribution < -0.4 is 15.0 Å². The molecular formula is C23H19FN2O3. The van der Waals surface area contributed by atoms with Crippen molar-refractivity contribution in [3.63, 3.8) is 0 Å². The number of hydrogen-bond acceptors (Lipinski definition) is 3. The quantitative estimate of drug-likeness (QED) is 0.722. The molecule has 2 amide bonds. The molecule has 6 heteroatoms. The van der Waals surface area contributed by atoms with E-state index in [4.69, 9.17) is 4.74 Å². The molecule has 1 aliphatic heterocycles. The van der Waals surface area contributed by atoms with Crippen LogP contribution in [0.2, 0.25) is 0 Å². The summed E-state index contributed by atoms with van der Waals surface area (Å²) in [6.45, 7) is 2.17. The number of nitrogens with one attached hydrogen (secondary N) is 1. The van der Waals surface area contributed by atoms with Gasteiger partial charge in [0.15, 0.2) is 6.61 Å². The van der Waals surface area contributed by atoms with E-state index in [9.17, 15) is 14.0 Å². The van der Waals surface area contributed by atoms with E-state index in [1.165, 1.54) is 12.1 Å². The minimum atomic E-state index is -0.330. The zero-order chi connectivity index (χ0) is 20.4. The number of carbonyl (C=O) groups excluding carboxylic acids is 2. The third-order valence-electron chi connectivity index (χ3n) is 4.73. The molecule has 0 fully saturated rings. The number of fused-ring (bicyclic) bond motifs is 1. The van der Waals surface area contributed by atoms with Crippen molar-refractivity contribution < 1.29 is 18.7 Å². The van der Waals surface area contributed by atoms with Crippen LogP contribution in [0.25, 0.3) is 0 Å². The SMILES string of the molecule is Cc1ccc(C(=O)Nc2ccc3c(c2)N(Cc2ccc(F)cc2)C(=O)CO3)cc1. The van der Waals surface area contributed by atoms with Crippen LogP contribution in [0.15, 0.2) is 66.7 Å². The smallest absolute Gasteiger partial charge is 0.265 e. The molecule has 0 saturated carbocycles. The number of hydrogen-bond donors (Lipinski definition) is 1. The lowest BCUT2D eigenvalue weighted by Gasteiger charge is -2.30. The molecule has 3 aromatic carbocycles. The Labute approximate surface area is 167 Å². The van der Waals surface area contributed by atoms with E-state index in [0.717, 1.165) is 11.1 Å². The Morgan fingerprint density at radius 3 is 2.52 bits per heavy atom. The summed E-state index contributed by atoms with van der Waals surface area (Å²) in [5, 5.41) is 2.85. The number of amides is 2. The van der Waals surface area contributed by atoms with Crippen LogP contribution in [-0.2, 0) is 11.3 Å². The molecule has 0 unspecified atom stereocenters. The maximum atomic E-state index is 13.2. The first kappa shape index (κ1) is 18.7. The minimum absolute atomic E-state index is 0.0662. The first-order valence-electron chi connectivity index (χ1n) is 9.19. The fourth-order valence-electron chi connectivity index (χ4n) is 3.13. The van der Waals surface area contributed by atoms with Crippen LogP contribution in [0, 0.1) is 12.7 Å². The van der Waals surface area contributed by atoms with Crippen LogP contribution in [0.4, 0.5) is 15.8 Å². The molecule has 1 N–H and O–H groups in total. The second-order valence-electron chi connectivity index (χ2n) is 6.90. The third kappa shape index (κ3) is 4.11. The van der Waals surface area contributed by atoms with Gasteiger partial charge in [0.05, 0.1) is 12.2 Å². The molecule has 0 aromatic heterocycles. The van der Waals surface area contributed by atoms with E-state index in [1.54, 1.807) is 47.4 Å². The van der Waals surface area contributed by atoms with Gasteiger partial charge in [-0.15, -0.1) is 0 Å². The van der Waals surface area contributed by atoms with Crippen molar-refractivity contribution >= 4 is 23.2 Å². The van der Waals surface area contributed by atoms with Gasteiger partial charge in [0.2, 0.25) is 0 Å². The Kier molecular flexibility index (Phi) is 4.99. The van der Waals surface area contributed by atoms with Gasteiger partial charge in [-0.05, 0) is 55.0 Å². The van der Waals surface area contributed by atoms with Gasteiger partial charge in [0.25, 0.3) is 11.8 Å². The van der Waals surface area contributed by atoms with Gasteiger partial charge in [-0.3, -0.25) is 9.59 Å². The summed E-state index contributed by atoms with van der Waals surface area (Å²) in [6.07, 6.45) is 0. The first-order chi connectivity index (χ1) is 14.0. The fourth-order valence-corrected chi connectivity index (χ4v) is 3.13. The Hall–Kier alpha value is -3.67. The highest BCUT2D eigenvalue weighted by Crippen LogP contribution is 2.35. The Morgan fingerprint density at radius 2 is 1.79 bits per heavy atom. The summed E-state index contributed by atoms with van der Waals surface area (Å²) >= 11 is 0. The van der Waals surface area contributed by atoms with Gasteiger partial charge in [-0.1, -0.05) is 29.8 Å². The summed E-state index contributed by atoms with van der Waals surface area (Å²) in [6, 6.07) is 18.4. The molecule has 0 bridgehead atoms. The number of aryl methyl sites for hydroxylation is 1. The molecule has 5 nitrogen and oxygen atoms in total. The summed E-state index contributed by atoms with van der Waals surface area (Å²) in [5.74, 6) is -0.217. The van der Waals surface area contributed by atoms with Crippen LogP contribution in [-0.4, -0.2) is 18.4 Å². The molecule has 0 spiro atoms. The average Bonchev–Trinajstić information content (AvgIpc) is 2.72. The predicted octanol–water partition coefficient (Wildman–Crippen LogP) is 4.31. The lowest BCUT2D eigenvalue weighted by molar-refractivity contribution is -0.121. The van der Waals surface area contributed by atoms with Crippen molar-refractivity contribution in [2.24, 2.45) is 0 Å². The third-order valence-corrected chi connectivity index (χ3v) is 4.73. The lowest BCUT2D eigenvalue weighted by atomic mass is 10.1. The molecule has 3 aromatic rings. The second kappa shape index (κ2) is 7.75. The molecule has 0 radical (unpaired) electrons. The molecule has 1 heterocycles. The number of nitrogens with zero attached hydrogens (tertiary/aromatic N) is 1. The number of benzene rings is 3. The zero-order valence-electron chi connectivity index (χ0n) is 15.8. The van der Waals surface area contributed by atoms with E-state index in [2.05, 4.69) is 5.32 Å². The molecule has 0 aliphatic carbocycles. The van der Waals surface area contributed by atoms with E-state index in [1.807, 2.05) is 19.1 Å². The van der Waals surface area contributed by atoms with Gasteiger partial charge in [0.1, 0.15) is 11.6 Å². The van der Waals surface area contributed by atoms with E-state index < -0.39 is 0 Å². The van der Waals surface area contributed by atoms with Crippen LogP contribution in [0.1, 0.15) is 21.5 Å². The van der Waals surface area contributed by atoms with Crippen molar-refractivity contribution in [3.05, 3.63) is 89.2 Å². The fraction of sp³-hybridized carbons (Fsp3) is 0.130. The Morgan fingerprint density at radius 1 is 1.07 bits per heavy atom. The number of anilines is 2. The topological polar surface area (TPSA) is 58.6 Å². The zero-order valence-corrected chi connectivity index (χ0v) is 15.8. The van der Waals surface area contributed by atoms with E-state index in [-0.39, 0.29) is 30.8 Å². The average molecular weight is 390 g/mol. The van der Waals surface area contributed by atoms with Crippen molar-refractivity contribution in [2.45, 2.75) is 13.5 Å². The summed E-state index contributed by atoms with van der Waals surface area (Å²) in [4.78, 5) is 26.5. The molecule has 1 aliphatic rings. The van der Waals surface area contributed by atoms with Gasteiger partial charge in [0, 0.05) is 11.3 Å². The normalized spacial score (nSPS) is 12.9. The highest BCUT2D eigenvalue weighted by molar-refractivity contribution is 6.05. The number of rotatable bonds is 4. The molecule has 29 heavy (non-hydrogen) atoms. The van der Waals surface area contributed by atoms with Crippen LogP contribution in [0.5, 0.6) is 5.75 Å². The van der Waals surface area contributed by atoms with Gasteiger partial charge in [-0.2, -0.15) is 0 Å². The molecule has 0 atom stereocenters. The first-order valence-corrected chi connectivity index (χ1v) is 9.19. The Bertz CT molecular complexity index is 1060. The highest BCUT2D eigenvalue weighted by Gasteiger charge is 2.26. The Balaban J connectivity index is 1.59. The molecule has 4 rings (SSSR count). The minimum Gasteiger partial charge on any atom is -0.482 e. The maximum Gasteiger partial charge on any atom is 0.265 e. The monoisotopic (exact) mass is 390 g/mol. The number of carbonyl (C=O) groups is 2. The lowest BCUT2D eigenvalue weighted by Crippen LogP contribution is -2.38.